The Morgan fingerprint density at radius 2 is 2.11 bits per heavy atom. The summed E-state index contributed by atoms with van der Waals surface area (Å²) in [5.41, 5.74) is 0.612. The maximum Gasteiger partial charge on any atom is 0.272 e. The van der Waals surface area contributed by atoms with Crippen LogP contribution in [0.3, 0.4) is 0 Å². The van der Waals surface area contributed by atoms with Gasteiger partial charge in [-0.05, 0) is 25.1 Å². The molecule has 0 saturated carbocycles. The van der Waals surface area contributed by atoms with E-state index in [1.807, 2.05) is 0 Å². The highest BCUT2D eigenvalue weighted by Crippen LogP contribution is 2.31. The number of fused-ring (bicyclic) bond motifs is 1. The molecule has 0 spiro atoms. The molecule has 27 heavy (non-hydrogen) atoms. The van der Waals surface area contributed by atoms with Crippen LogP contribution in [0, 0.1) is 15.9 Å². The van der Waals surface area contributed by atoms with Crippen molar-refractivity contribution in [1.29, 1.82) is 0 Å². The van der Waals surface area contributed by atoms with Crippen LogP contribution < -0.4 is 15.0 Å². The van der Waals surface area contributed by atoms with Gasteiger partial charge in [-0.2, -0.15) is 0 Å². The standard InChI is InChI=1S/C18H16FN3O5/c1-11-8-17(23)20-14-4-2-3-5-15(14)21(11)18(24)10-27-16-7-6-12(22(25)26)9-13(16)19/h2-7,9,11H,8,10H2,1H3,(H,20,23)/t11-/m1/s1. The van der Waals surface area contributed by atoms with Crippen molar-refractivity contribution in [3.05, 3.63) is 58.4 Å². The van der Waals surface area contributed by atoms with Crippen LogP contribution in [0.2, 0.25) is 0 Å². The second kappa shape index (κ2) is 7.40. The molecule has 8 nitrogen and oxygen atoms in total. The lowest BCUT2D eigenvalue weighted by Crippen LogP contribution is -2.41. The molecular weight excluding hydrogens is 357 g/mol. The van der Waals surface area contributed by atoms with E-state index in [0.29, 0.717) is 11.4 Å². The third kappa shape index (κ3) is 3.86. The van der Waals surface area contributed by atoms with E-state index in [2.05, 4.69) is 5.32 Å². The fraction of sp³-hybridized carbons (Fsp3) is 0.222. The number of anilines is 2. The van der Waals surface area contributed by atoms with Crippen LogP contribution in [-0.4, -0.2) is 29.4 Å². The molecule has 0 unspecified atom stereocenters. The van der Waals surface area contributed by atoms with Crippen LogP contribution >= 0.6 is 0 Å². The van der Waals surface area contributed by atoms with Crippen molar-refractivity contribution < 1.29 is 23.6 Å². The van der Waals surface area contributed by atoms with Crippen molar-refractivity contribution in [2.45, 2.75) is 19.4 Å². The summed E-state index contributed by atoms with van der Waals surface area (Å²) in [5.74, 6) is -1.88. The van der Waals surface area contributed by atoms with E-state index < -0.39 is 35.0 Å². The summed E-state index contributed by atoms with van der Waals surface area (Å²) in [6.07, 6.45) is 0.103. The molecule has 0 saturated heterocycles. The number of amides is 2. The number of ether oxygens (including phenoxy) is 1. The normalized spacial score (nSPS) is 16.1. The minimum atomic E-state index is -0.932. The largest absolute Gasteiger partial charge is 0.481 e. The minimum Gasteiger partial charge on any atom is -0.481 e. The van der Waals surface area contributed by atoms with E-state index in [9.17, 15) is 24.1 Å². The fourth-order valence-electron chi connectivity index (χ4n) is 2.90. The molecule has 1 N–H and O–H groups in total. The molecule has 0 bridgehead atoms. The molecule has 0 aromatic heterocycles. The van der Waals surface area contributed by atoms with Gasteiger partial charge in [0, 0.05) is 18.5 Å². The number of hydrogen-bond donors (Lipinski definition) is 1. The van der Waals surface area contributed by atoms with Gasteiger partial charge in [0.1, 0.15) is 0 Å². The van der Waals surface area contributed by atoms with Crippen molar-refractivity contribution in [1.82, 2.24) is 0 Å². The van der Waals surface area contributed by atoms with E-state index in [1.165, 1.54) is 4.90 Å². The summed E-state index contributed by atoms with van der Waals surface area (Å²) < 4.78 is 19.1. The minimum absolute atomic E-state index is 0.103. The van der Waals surface area contributed by atoms with Crippen LogP contribution in [0.1, 0.15) is 13.3 Å². The number of carbonyl (C=O) groups is 2. The number of halogens is 1. The van der Waals surface area contributed by atoms with Gasteiger partial charge < -0.3 is 15.0 Å². The number of para-hydroxylation sites is 2. The van der Waals surface area contributed by atoms with Crippen molar-refractivity contribution in [2.24, 2.45) is 0 Å². The lowest BCUT2D eigenvalue weighted by Gasteiger charge is -2.27. The van der Waals surface area contributed by atoms with Gasteiger partial charge in [0.25, 0.3) is 11.6 Å². The summed E-state index contributed by atoms with van der Waals surface area (Å²) in [7, 11) is 0. The first kappa shape index (κ1) is 18.3. The van der Waals surface area contributed by atoms with E-state index >= 15 is 0 Å². The predicted octanol–water partition coefficient (Wildman–Crippen LogP) is 2.88. The summed E-state index contributed by atoms with van der Waals surface area (Å²) in [4.78, 5) is 36.0. The smallest absolute Gasteiger partial charge is 0.272 e. The van der Waals surface area contributed by atoms with Crippen LogP contribution in [0.15, 0.2) is 42.5 Å². The molecule has 2 aromatic rings. The van der Waals surface area contributed by atoms with E-state index in [-0.39, 0.29) is 18.1 Å². The van der Waals surface area contributed by atoms with Crippen LogP contribution in [-0.2, 0) is 9.59 Å². The SMILES string of the molecule is C[C@@H]1CC(=O)Nc2ccccc2N1C(=O)COc1ccc([N+](=O)[O-])cc1F. The summed E-state index contributed by atoms with van der Waals surface area (Å²) in [6.45, 7) is 1.24. The Bertz CT molecular complexity index is 918. The Morgan fingerprint density at radius 3 is 2.81 bits per heavy atom. The van der Waals surface area contributed by atoms with Crippen molar-refractivity contribution in [3.63, 3.8) is 0 Å². The fourth-order valence-corrected chi connectivity index (χ4v) is 2.90. The molecule has 1 atom stereocenters. The third-order valence-corrected chi connectivity index (χ3v) is 4.11. The highest BCUT2D eigenvalue weighted by Gasteiger charge is 2.29. The van der Waals surface area contributed by atoms with Gasteiger partial charge in [-0.15, -0.1) is 0 Å². The Balaban J connectivity index is 1.79. The molecule has 2 aromatic carbocycles. The van der Waals surface area contributed by atoms with Gasteiger partial charge in [0.15, 0.2) is 18.2 Å². The lowest BCUT2D eigenvalue weighted by atomic mass is 10.1. The highest BCUT2D eigenvalue weighted by molar-refractivity contribution is 6.04. The quantitative estimate of drug-likeness (QED) is 0.656. The van der Waals surface area contributed by atoms with Gasteiger partial charge in [0.2, 0.25) is 5.91 Å². The monoisotopic (exact) mass is 373 g/mol. The first-order valence-electron chi connectivity index (χ1n) is 8.14. The van der Waals surface area contributed by atoms with Crippen LogP contribution in [0.25, 0.3) is 0 Å². The Labute approximate surface area is 153 Å². The van der Waals surface area contributed by atoms with Crippen molar-refractivity contribution in [3.8, 4) is 5.75 Å². The maximum atomic E-state index is 13.9. The first-order chi connectivity index (χ1) is 12.9. The predicted molar refractivity (Wildman–Crippen MR) is 95.2 cm³/mol. The summed E-state index contributed by atoms with van der Waals surface area (Å²) in [5, 5.41) is 13.4. The molecule has 140 valence electrons. The molecule has 0 radical (unpaired) electrons. The number of nitrogens with one attached hydrogen (secondary N) is 1. The number of hydrogen-bond acceptors (Lipinski definition) is 5. The van der Waals surface area contributed by atoms with Gasteiger partial charge in [-0.25, -0.2) is 4.39 Å². The Hall–Kier alpha value is -3.49. The first-order valence-corrected chi connectivity index (χ1v) is 8.14. The van der Waals surface area contributed by atoms with Crippen LogP contribution in [0.5, 0.6) is 5.75 Å². The van der Waals surface area contributed by atoms with Crippen molar-refractivity contribution >= 4 is 28.9 Å². The molecule has 0 aliphatic carbocycles. The number of rotatable bonds is 4. The zero-order valence-corrected chi connectivity index (χ0v) is 14.3. The van der Waals surface area contributed by atoms with E-state index in [1.54, 1.807) is 31.2 Å². The number of nitrogens with zero attached hydrogens (tertiary/aromatic N) is 2. The summed E-state index contributed by atoms with van der Waals surface area (Å²) >= 11 is 0. The molecule has 0 fully saturated rings. The zero-order chi connectivity index (χ0) is 19.6. The summed E-state index contributed by atoms with van der Waals surface area (Å²) in [6, 6.07) is 9.35. The molecule has 1 aliphatic rings. The van der Waals surface area contributed by atoms with Gasteiger partial charge in [-0.3, -0.25) is 19.7 Å². The van der Waals surface area contributed by atoms with Crippen molar-refractivity contribution in [2.75, 3.05) is 16.8 Å². The highest BCUT2D eigenvalue weighted by atomic mass is 19.1. The van der Waals surface area contributed by atoms with E-state index in [0.717, 1.165) is 18.2 Å². The van der Waals surface area contributed by atoms with Crippen LogP contribution in [0.4, 0.5) is 21.5 Å². The van der Waals surface area contributed by atoms with Gasteiger partial charge >= 0.3 is 0 Å². The third-order valence-electron chi connectivity index (χ3n) is 4.11. The topological polar surface area (TPSA) is 102 Å². The van der Waals surface area contributed by atoms with E-state index in [4.69, 9.17) is 4.74 Å². The van der Waals surface area contributed by atoms with Gasteiger partial charge in [0.05, 0.1) is 22.4 Å². The second-order valence-electron chi connectivity index (χ2n) is 6.04. The Morgan fingerprint density at radius 1 is 1.37 bits per heavy atom. The number of carbonyl (C=O) groups excluding carboxylic acids is 2. The molecule has 1 aliphatic heterocycles. The zero-order valence-electron chi connectivity index (χ0n) is 14.3. The number of benzene rings is 2. The average Bonchev–Trinajstić information content (AvgIpc) is 2.74. The Kier molecular flexibility index (Phi) is 5.02. The average molecular weight is 373 g/mol. The lowest BCUT2D eigenvalue weighted by molar-refractivity contribution is -0.385. The van der Waals surface area contributed by atoms with Gasteiger partial charge in [-0.1, -0.05) is 12.1 Å². The maximum absolute atomic E-state index is 13.9. The molecular formula is C18H16FN3O5. The number of nitro groups is 1. The second-order valence-corrected chi connectivity index (χ2v) is 6.04. The molecule has 2 amide bonds. The number of non-ortho nitro benzene ring substituents is 1. The number of nitro benzene ring substituents is 1. The molecule has 1 heterocycles. The molecule has 3 rings (SSSR count). The molecule has 9 heteroatoms.